The van der Waals surface area contributed by atoms with Crippen LogP contribution in [-0.4, -0.2) is 18.3 Å². The summed E-state index contributed by atoms with van der Waals surface area (Å²) in [4.78, 5) is 0. The molecule has 0 radical (unpaired) electrons. The highest BCUT2D eigenvalue weighted by molar-refractivity contribution is 5.28. The fourth-order valence-corrected chi connectivity index (χ4v) is 1.13. The summed E-state index contributed by atoms with van der Waals surface area (Å²) in [5.41, 5.74) is 2.09. The standard InChI is InChI=1S/C12H16O2/c1-10(2)9-14-12-5-3-4-11(8-12)6-7-13/h3-5,8,13H,1,6-7,9H2,2H3. The summed E-state index contributed by atoms with van der Waals surface area (Å²) in [5, 5.41) is 8.77. The van der Waals surface area contributed by atoms with Crippen LogP contribution in [0, 0.1) is 0 Å². The third-order valence-corrected chi connectivity index (χ3v) is 1.78. The third kappa shape index (κ3) is 3.62. The SMILES string of the molecule is C=C(C)COc1cccc(CCO)c1. The molecule has 76 valence electrons. The summed E-state index contributed by atoms with van der Waals surface area (Å²) in [6, 6.07) is 7.76. The Hall–Kier alpha value is -1.28. The maximum Gasteiger partial charge on any atom is 0.120 e. The van der Waals surface area contributed by atoms with Crippen molar-refractivity contribution in [3.8, 4) is 5.75 Å². The molecule has 2 nitrogen and oxygen atoms in total. The summed E-state index contributed by atoms with van der Waals surface area (Å²) in [5.74, 6) is 0.832. The van der Waals surface area contributed by atoms with E-state index in [2.05, 4.69) is 6.58 Å². The van der Waals surface area contributed by atoms with Crippen LogP contribution < -0.4 is 4.74 Å². The molecule has 14 heavy (non-hydrogen) atoms. The first-order chi connectivity index (χ1) is 6.72. The van der Waals surface area contributed by atoms with E-state index in [9.17, 15) is 0 Å². The third-order valence-electron chi connectivity index (χ3n) is 1.78. The minimum atomic E-state index is 0.171. The zero-order valence-electron chi connectivity index (χ0n) is 8.49. The fourth-order valence-electron chi connectivity index (χ4n) is 1.13. The minimum Gasteiger partial charge on any atom is -0.489 e. The van der Waals surface area contributed by atoms with E-state index in [0.29, 0.717) is 13.0 Å². The lowest BCUT2D eigenvalue weighted by molar-refractivity contribution is 0.299. The van der Waals surface area contributed by atoms with Gasteiger partial charge in [-0.2, -0.15) is 0 Å². The molecule has 0 fully saturated rings. The highest BCUT2D eigenvalue weighted by Gasteiger charge is 1.96. The van der Waals surface area contributed by atoms with Crippen LogP contribution in [0.5, 0.6) is 5.75 Å². The van der Waals surface area contributed by atoms with Crippen molar-refractivity contribution in [3.63, 3.8) is 0 Å². The largest absolute Gasteiger partial charge is 0.489 e. The van der Waals surface area contributed by atoms with Gasteiger partial charge in [-0.3, -0.25) is 0 Å². The average molecular weight is 192 g/mol. The van der Waals surface area contributed by atoms with Crippen molar-refractivity contribution in [2.45, 2.75) is 13.3 Å². The van der Waals surface area contributed by atoms with Gasteiger partial charge in [-0.15, -0.1) is 0 Å². The van der Waals surface area contributed by atoms with Crippen molar-refractivity contribution < 1.29 is 9.84 Å². The van der Waals surface area contributed by atoms with Gasteiger partial charge in [-0.25, -0.2) is 0 Å². The lowest BCUT2D eigenvalue weighted by atomic mass is 10.1. The zero-order valence-corrected chi connectivity index (χ0v) is 8.49. The molecule has 0 aromatic heterocycles. The number of benzene rings is 1. The van der Waals surface area contributed by atoms with Gasteiger partial charge in [0.1, 0.15) is 12.4 Å². The Morgan fingerprint density at radius 2 is 2.29 bits per heavy atom. The molecule has 0 spiro atoms. The summed E-state index contributed by atoms with van der Waals surface area (Å²) < 4.78 is 5.47. The van der Waals surface area contributed by atoms with Crippen LogP contribution in [0.25, 0.3) is 0 Å². The molecule has 0 aliphatic carbocycles. The van der Waals surface area contributed by atoms with E-state index in [1.807, 2.05) is 31.2 Å². The van der Waals surface area contributed by atoms with Crippen molar-refractivity contribution in [1.29, 1.82) is 0 Å². The van der Waals surface area contributed by atoms with Gasteiger partial charge in [0.25, 0.3) is 0 Å². The van der Waals surface area contributed by atoms with Gasteiger partial charge in [0, 0.05) is 6.61 Å². The second kappa shape index (κ2) is 5.45. The second-order valence-electron chi connectivity index (χ2n) is 3.37. The number of rotatable bonds is 5. The normalized spacial score (nSPS) is 9.86. The number of ether oxygens (including phenoxy) is 1. The van der Waals surface area contributed by atoms with Crippen molar-refractivity contribution in [1.82, 2.24) is 0 Å². The molecule has 1 rings (SSSR count). The van der Waals surface area contributed by atoms with E-state index in [1.54, 1.807) is 0 Å². The maximum atomic E-state index is 8.77. The van der Waals surface area contributed by atoms with Gasteiger partial charge in [-0.05, 0) is 36.6 Å². The van der Waals surface area contributed by atoms with Crippen molar-refractivity contribution in [2.75, 3.05) is 13.2 Å². The van der Waals surface area contributed by atoms with E-state index >= 15 is 0 Å². The van der Waals surface area contributed by atoms with Crippen molar-refractivity contribution in [2.24, 2.45) is 0 Å². The Morgan fingerprint density at radius 1 is 1.50 bits per heavy atom. The highest BCUT2D eigenvalue weighted by atomic mass is 16.5. The number of hydrogen-bond donors (Lipinski definition) is 1. The Balaban J connectivity index is 2.58. The summed E-state index contributed by atoms with van der Waals surface area (Å²) >= 11 is 0. The Morgan fingerprint density at radius 3 is 2.93 bits per heavy atom. The number of aliphatic hydroxyl groups excluding tert-OH is 1. The molecule has 1 aromatic rings. The molecular formula is C12H16O2. The molecule has 1 aromatic carbocycles. The Bertz CT molecular complexity index is 305. The summed E-state index contributed by atoms with van der Waals surface area (Å²) in [7, 11) is 0. The lowest BCUT2D eigenvalue weighted by Gasteiger charge is -2.06. The number of aliphatic hydroxyl groups is 1. The summed E-state index contributed by atoms with van der Waals surface area (Å²) in [6.07, 6.45) is 0.671. The van der Waals surface area contributed by atoms with E-state index in [-0.39, 0.29) is 6.61 Å². The Labute approximate surface area is 84.8 Å². The fraction of sp³-hybridized carbons (Fsp3) is 0.333. The molecule has 0 saturated carbocycles. The van der Waals surface area contributed by atoms with Crippen LogP contribution in [0.15, 0.2) is 36.4 Å². The first-order valence-electron chi connectivity index (χ1n) is 4.69. The van der Waals surface area contributed by atoms with Crippen LogP contribution in [0.3, 0.4) is 0 Å². The minimum absolute atomic E-state index is 0.171. The van der Waals surface area contributed by atoms with Gasteiger partial charge < -0.3 is 9.84 Å². The maximum absolute atomic E-state index is 8.77. The molecule has 0 heterocycles. The summed E-state index contributed by atoms with van der Waals surface area (Å²) in [6.45, 7) is 6.41. The van der Waals surface area contributed by atoms with Gasteiger partial charge >= 0.3 is 0 Å². The van der Waals surface area contributed by atoms with Gasteiger partial charge in [0.2, 0.25) is 0 Å². The molecule has 1 N–H and O–H groups in total. The smallest absolute Gasteiger partial charge is 0.120 e. The van der Waals surface area contributed by atoms with Gasteiger partial charge in [-0.1, -0.05) is 18.7 Å². The van der Waals surface area contributed by atoms with E-state index in [4.69, 9.17) is 9.84 Å². The molecule has 0 bridgehead atoms. The molecular weight excluding hydrogens is 176 g/mol. The molecule has 0 aliphatic rings. The second-order valence-corrected chi connectivity index (χ2v) is 3.37. The van der Waals surface area contributed by atoms with Crippen LogP contribution in [0.4, 0.5) is 0 Å². The van der Waals surface area contributed by atoms with E-state index < -0.39 is 0 Å². The molecule has 2 heteroatoms. The van der Waals surface area contributed by atoms with Gasteiger partial charge in [0.05, 0.1) is 0 Å². The van der Waals surface area contributed by atoms with Crippen molar-refractivity contribution in [3.05, 3.63) is 42.0 Å². The predicted molar refractivity (Wildman–Crippen MR) is 57.5 cm³/mol. The lowest BCUT2D eigenvalue weighted by Crippen LogP contribution is -1.98. The topological polar surface area (TPSA) is 29.5 Å². The monoisotopic (exact) mass is 192 g/mol. The zero-order chi connectivity index (χ0) is 10.4. The predicted octanol–water partition coefficient (Wildman–Crippen LogP) is 2.18. The van der Waals surface area contributed by atoms with Crippen LogP contribution in [-0.2, 0) is 6.42 Å². The molecule has 0 amide bonds. The average Bonchev–Trinajstić information content (AvgIpc) is 2.16. The quantitative estimate of drug-likeness (QED) is 0.724. The molecule has 0 saturated heterocycles. The first kappa shape index (κ1) is 10.8. The molecule has 0 atom stereocenters. The van der Waals surface area contributed by atoms with Gasteiger partial charge in [0.15, 0.2) is 0 Å². The Kier molecular flexibility index (Phi) is 4.20. The highest BCUT2D eigenvalue weighted by Crippen LogP contribution is 2.14. The number of hydrogen-bond acceptors (Lipinski definition) is 2. The van der Waals surface area contributed by atoms with E-state index in [1.165, 1.54) is 0 Å². The van der Waals surface area contributed by atoms with Crippen molar-refractivity contribution >= 4 is 0 Å². The molecule has 0 aliphatic heterocycles. The van der Waals surface area contributed by atoms with E-state index in [0.717, 1.165) is 16.9 Å². The first-order valence-corrected chi connectivity index (χ1v) is 4.69. The van der Waals surface area contributed by atoms with Crippen LogP contribution in [0.1, 0.15) is 12.5 Å². The molecule has 0 unspecified atom stereocenters. The van der Waals surface area contributed by atoms with Crippen LogP contribution in [0.2, 0.25) is 0 Å². The van der Waals surface area contributed by atoms with Crippen LogP contribution >= 0.6 is 0 Å².